The van der Waals surface area contributed by atoms with Gasteiger partial charge in [0.05, 0.1) is 16.7 Å². The Morgan fingerprint density at radius 3 is 2.80 bits per heavy atom. The fourth-order valence-corrected chi connectivity index (χ4v) is 2.23. The smallest absolute Gasteiger partial charge is 0.161 e. The second kappa shape index (κ2) is 4.49. The van der Waals surface area contributed by atoms with Gasteiger partial charge in [0.15, 0.2) is 5.17 Å². The number of hydrogen-bond donors (Lipinski definition) is 1. The number of benzene rings is 1. The number of nitrogens with one attached hydrogen (secondary N) is 1. The Labute approximate surface area is 98.3 Å². The highest BCUT2D eigenvalue weighted by molar-refractivity contribution is 9.10. The number of aliphatic imine (C=N–C) groups is 1. The molecule has 1 aliphatic rings. The molecule has 0 fully saturated rings. The third-order valence-corrected chi connectivity index (χ3v) is 3.34. The number of nitrogens with zero attached hydrogens (tertiary/aromatic N) is 1. The first-order valence-corrected chi connectivity index (χ1v) is 6.03. The Bertz CT molecular complexity index is 423. The normalized spacial score (nSPS) is 15.3. The van der Waals surface area contributed by atoms with Crippen LogP contribution >= 0.6 is 27.7 Å². The van der Waals surface area contributed by atoms with Crippen LogP contribution in [-0.4, -0.2) is 17.5 Å². The minimum Gasteiger partial charge on any atom is -0.333 e. The van der Waals surface area contributed by atoms with Crippen LogP contribution in [-0.2, 0) is 0 Å². The topological polar surface area (TPSA) is 24.4 Å². The number of hydrogen-bond acceptors (Lipinski definition) is 3. The number of halogens is 3. The second-order valence-corrected chi connectivity index (χ2v) is 4.84. The van der Waals surface area contributed by atoms with Crippen LogP contribution < -0.4 is 5.32 Å². The molecule has 0 radical (unpaired) electrons. The van der Waals surface area contributed by atoms with Gasteiger partial charge in [-0.15, -0.1) is 0 Å². The van der Waals surface area contributed by atoms with Gasteiger partial charge in [0.25, 0.3) is 0 Å². The van der Waals surface area contributed by atoms with Crippen molar-refractivity contribution in [2.75, 3.05) is 17.6 Å². The lowest BCUT2D eigenvalue weighted by Crippen LogP contribution is -2.07. The molecule has 0 saturated carbocycles. The summed E-state index contributed by atoms with van der Waals surface area (Å²) < 4.78 is 26.5. The van der Waals surface area contributed by atoms with E-state index >= 15 is 0 Å². The third kappa shape index (κ3) is 2.49. The maximum absolute atomic E-state index is 13.3. The molecule has 0 atom stereocenters. The minimum absolute atomic E-state index is 0.231. The van der Waals surface area contributed by atoms with Crippen LogP contribution in [0.15, 0.2) is 21.6 Å². The highest BCUT2D eigenvalue weighted by atomic mass is 79.9. The fraction of sp³-hybridized carbons (Fsp3) is 0.222. The number of rotatable bonds is 1. The predicted octanol–water partition coefficient (Wildman–Crippen LogP) is 3.24. The maximum Gasteiger partial charge on any atom is 0.161 e. The van der Waals surface area contributed by atoms with Crippen LogP contribution in [0.25, 0.3) is 0 Å². The Hall–Kier alpha value is -0.620. The molecule has 0 aliphatic carbocycles. The van der Waals surface area contributed by atoms with Gasteiger partial charge in [-0.25, -0.2) is 8.78 Å². The van der Waals surface area contributed by atoms with E-state index in [4.69, 9.17) is 0 Å². The molecule has 0 spiro atoms. The maximum atomic E-state index is 13.3. The summed E-state index contributed by atoms with van der Waals surface area (Å²) in [5.74, 6) is -0.336. The van der Waals surface area contributed by atoms with Crippen LogP contribution in [0.5, 0.6) is 0 Å². The molecule has 2 rings (SSSR count). The van der Waals surface area contributed by atoms with Crippen molar-refractivity contribution in [3.05, 3.63) is 28.2 Å². The molecule has 1 N–H and O–H groups in total. The van der Waals surface area contributed by atoms with Crippen LogP contribution in [0.3, 0.4) is 0 Å². The van der Waals surface area contributed by atoms with E-state index in [1.807, 2.05) is 0 Å². The number of anilines is 1. The fourth-order valence-electron chi connectivity index (χ4n) is 1.14. The van der Waals surface area contributed by atoms with Crippen molar-refractivity contribution in [3.8, 4) is 0 Å². The SMILES string of the molecule is Fc1cc(F)c(NC2=NCCS2)cc1Br. The van der Waals surface area contributed by atoms with Crippen molar-refractivity contribution in [2.45, 2.75) is 0 Å². The Morgan fingerprint density at radius 1 is 1.33 bits per heavy atom. The van der Waals surface area contributed by atoms with Gasteiger partial charge in [-0.3, -0.25) is 4.99 Å². The predicted molar refractivity (Wildman–Crippen MR) is 62.4 cm³/mol. The Balaban J connectivity index is 2.24. The monoisotopic (exact) mass is 292 g/mol. The third-order valence-electron chi connectivity index (χ3n) is 1.84. The lowest BCUT2D eigenvalue weighted by Gasteiger charge is -2.07. The molecule has 0 aromatic heterocycles. The molecular weight excluding hydrogens is 286 g/mol. The summed E-state index contributed by atoms with van der Waals surface area (Å²) in [7, 11) is 0. The van der Waals surface area contributed by atoms with Gasteiger partial charge in [0, 0.05) is 11.8 Å². The van der Waals surface area contributed by atoms with Crippen molar-refractivity contribution in [1.82, 2.24) is 0 Å². The summed E-state index contributed by atoms with van der Waals surface area (Å²) in [5, 5.41) is 3.49. The number of amidine groups is 1. The molecule has 15 heavy (non-hydrogen) atoms. The summed E-state index contributed by atoms with van der Waals surface area (Å²) in [6.45, 7) is 0.733. The average molecular weight is 293 g/mol. The molecular formula is C9H7BrF2N2S. The molecule has 1 aliphatic heterocycles. The molecule has 1 heterocycles. The van der Waals surface area contributed by atoms with Crippen molar-refractivity contribution in [1.29, 1.82) is 0 Å². The minimum atomic E-state index is -0.620. The first-order valence-electron chi connectivity index (χ1n) is 4.25. The molecule has 1 aromatic rings. The zero-order valence-electron chi connectivity index (χ0n) is 7.56. The van der Waals surface area contributed by atoms with Crippen LogP contribution in [0, 0.1) is 11.6 Å². The lowest BCUT2D eigenvalue weighted by molar-refractivity contribution is 0.582. The van der Waals surface area contributed by atoms with Crippen molar-refractivity contribution >= 4 is 38.5 Å². The van der Waals surface area contributed by atoms with Gasteiger partial charge in [0.2, 0.25) is 0 Å². The van der Waals surface area contributed by atoms with E-state index < -0.39 is 11.6 Å². The average Bonchev–Trinajstić information content (AvgIpc) is 2.67. The van der Waals surface area contributed by atoms with Crippen molar-refractivity contribution < 1.29 is 8.78 Å². The summed E-state index contributed by atoms with van der Waals surface area (Å²) in [6.07, 6.45) is 0. The van der Waals surface area contributed by atoms with E-state index in [9.17, 15) is 8.78 Å². The van der Waals surface area contributed by atoms with Crippen LogP contribution in [0.4, 0.5) is 14.5 Å². The highest BCUT2D eigenvalue weighted by Gasteiger charge is 2.12. The van der Waals surface area contributed by atoms with Gasteiger partial charge in [-0.1, -0.05) is 11.8 Å². The highest BCUT2D eigenvalue weighted by Crippen LogP contribution is 2.25. The van der Waals surface area contributed by atoms with Gasteiger partial charge in [-0.2, -0.15) is 0 Å². The molecule has 80 valence electrons. The van der Waals surface area contributed by atoms with Gasteiger partial charge in [-0.05, 0) is 22.0 Å². The molecule has 6 heteroatoms. The molecule has 0 amide bonds. The quantitative estimate of drug-likeness (QED) is 0.804. The van der Waals surface area contributed by atoms with E-state index in [1.54, 1.807) is 0 Å². The van der Waals surface area contributed by atoms with E-state index in [1.165, 1.54) is 17.8 Å². The van der Waals surface area contributed by atoms with Gasteiger partial charge in [0.1, 0.15) is 11.6 Å². The zero-order chi connectivity index (χ0) is 10.8. The van der Waals surface area contributed by atoms with Gasteiger partial charge < -0.3 is 5.32 Å². The summed E-state index contributed by atoms with van der Waals surface area (Å²) in [4.78, 5) is 4.12. The molecule has 1 aromatic carbocycles. The molecule has 0 saturated heterocycles. The summed E-state index contributed by atoms with van der Waals surface area (Å²) in [5.41, 5.74) is 0.233. The number of thioether (sulfide) groups is 1. The second-order valence-electron chi connectivity index (χ2n) is 2.91. The molecule has 0 unspecified atom stereocenters. The van der Waals surface area contributed by atoms with Gasteiger partial charge >= 0.3 is 0 Å². The Morgan fingerprint density at radius 2 is 2.13 bits per heavy atom. The van der Waals surface area contributed by atoms with E-state index in [0.29, 0.717) is 5.17 Å². The molecule has 0 bridgehead atoms. The Kier molecular flexibility index (Phi) is 3.25. The zero-order valence-corrected chi connectivity index (χ0v) is 9.96. The standard InChI is InChI=1S/C9H7BrF2N2S/c10-5-3-8(7(12)4-6(5)11)14-9-13-1-2-15-9/h3-4H,1-2H2,(H,13,14). The first kappa shape index (κ1) is 10.9. The largest absolute Gasteiger partial charge is 0.333 e. The first-order chi connectivity index (χ1) is 7.16. The van der Waals surface area contributed by atoms with E-state index in [0.717, 1.165) is 18.4 Å². The molecule has 2 nitrogen and oxygen atoms in total. The van der Waals surface area contributed by atoms with E-state index in [-0.39, 0.29) is 10.2 Å². The van der Waals surface area contributed by atoms with Crippen LogP contribution in [0.1, 0.15) is 0 Å². The summed E-state index contributed by atoms with van der Waals surface area (Å²) in [6, 6.07) is 2.21. The lowest BCUT2D eigenvalue weighted by atomic mass is 10.3. The van der Waals surface area contributed by atoms with Crippen molar-refractivity contribution in [3.63, 3.8) is 0 Å². The summed E-state index contributed by atoms with van der Waals surface area (Å²) >= 11 is 4.52. The van der Waals surface area contributed by atoms with E-state index in [2.05, 4.69) is 26.2 Å². The van der Waals surface area contributed by atoms with Crippen LogP contribution in [0.2, 0.25) is 0 Å². The van der Waals surface area contributed by atoms with Crippen molar-refractivity contribution in [2.24, 2.45) is 4.99 Å².